The molecule has 0 spiro atoms. The summed E-state index contributed by atoms with van der Waals surface area (Å²) < 4.78 is 0. The highest BCUT2D eigenvalue weighted by molar-refractivity contribution is 5.85. The summed E-state index contributed by atoms with van der Waals surface area (Å²) in [4.78, 5) is 26.3. The van der Waals surface area contributed by atoms with Gasteiger partial charge in [0.15, 0.2) is 0 Å². The van der Waals surface area contributed by atoms with Crippen LogP contribution in [0.5, 0.6) is 0 Å². The molecule has 4 N–H and O–H groups in total. The second-order valence-electron chi connectivity index (χ2n) is 7.03. The molecule has 6 nitrogen and oxygen atoms in total. The fourth-order valence-corrected chi connectivity index (χ4v) is 3.66. The van der Waals surface area contributed by atoms with Crippen LogP contribution in [0.15, 0.2) is 30.3 Å². The fraction of sp³-hybridized carbons (Fsp3) is 0.600. The van der Waals surface area contributed by atoms with Crippen LogP contribution in [-0.2, 0) is 11.3 Å². The van der Waals surface area contributed by atoms with Crippen molar-refractivity contribution < 1.29 is 14.7 Å². The van der Waals surface area contributed by atoms with Crippen LogP contribution in [0.2, 0.25) is 0 Å². The van der Waals surface area contributed by atoms with E-state index in [4.69, 9.17) is 10.8 Å². The molecule has 1 unspecified atom stereocenters. The monoisotopic (exact) mass is 361 g/mol. The maximum atomic E-state index is 13.2. The third-order valence-corrected chi connectivity index (χ3v) is 5.04. The van der Waals surface area contributed by atoms with Crippen molar-refractivity contribution in [1.29, 1.82) is 0 Å². The van der Waals surface area contributed by atoms with Crippen LogP contribution in [0.1, 0.15) is 56.9 Å². The lowest BCUT2D eigenvalue weighted by atomic mass is 9.93. The Kier molecular flexibility index (Phi) is 8.41. The number of amides is 2. The van der Waals surface area contributed by atoms with Crippen LogP contribution in [-0.4, -0.2) is 40.6 Å². The summed E-state index contributed by atoms with van der Waals surface area (Å²) in [5.74, 6) is -0.111. The van der Waals surface area contributed by atoms with Gasteiger partial charge >= 0.3 is 6.09 Å². The summed E-state index contributed by atoms with van der Waals surface area (Å²) >= 11 is 0. The largest absolute Gasteiger partial charge is 0.465 e. The molecule has 2 rings (SSSR count). The molecular weight excluding hydrogens is 330 g/mol. The number of unbranched alkanes of at least 4 members (excludes halogenated alkanes) is 1. The molecule has 26 heavy (non-hydrogen) atoms. The van der Waals surface area contributed by atoms with Gasteiger partial charge in [0.1, 0.15) is 6.04 Å². The number of carbonyl (C=O) groups excluding carboxylic acids is 1. The van der Waals surface area contributed by atoms with Gasteiger partial charge in [-0.1, -0.05) is 49.6 Å². The van der Waals surface area contributed by atoms with Crippen LogP contribution < -0.4 is 11.1 Å². The van der Waals surface area contributed by atoms with E-state index in [1.54, 1.807) is 0 Å². The highest BCUT2D eigenvalue weighted by atomic mass is 16.4. The van der Waals surface area contributed by atoms with E-state index >= 15 is 0 Å². The number of benzene rings is 1. The van der Waals surface area contributed by atoms with Crippen LogP contribution in [0.4, 0.5) is 4.79 Å². The van der Waals surface area contributed by atoms with Gasteiger partial charge in [-0.2, -0.15) is 0 Å². The quantitative estimate of drug-likeness (QED) is 0.589. The molecule has 0 bridgehead atoms. The maximum absolute atomic E-state index is 13.2. The van der Waals surface area contributed by atoms with Crippen molar-refractivity contribution in [3.63, 3.8) is 0 Å². The lowest BCUT2D eigenvalue weighted by molar-refractivity contribution is -0.137. The van der Waals surface area contributed by atoms with E-state index < -0.39 is 12.1 Å². The molecule has 2 amide bonds. The molecule has 6 heteroatoms. The summed E-state index contributed by atoms with van der Waals surface area (Å²) in [5.41, 5.74) is 6.61. The van der Waals surface area contributed by atoms with Gasteiger partial charge in [-0.3, -0.25) is 4.79 Å². The van der Waals surface area contributed by atoms with Gasteiger partial charge in [-0.25, -0.2) is 4.79 Å². The summed E-state index contributed by atoms with van der Waals surface area (Å²) in [5, 5.41) is 11.6. The summed E-state index contributed by atoms with van der Waals surface area (Å²) in [6.07, 6.45) is 6.27. The molecule has 1 aromatic carbocycles. The molecule has 0 heterocycles. The number of nitrogens with zero attached hydrogens (tertiary/aromatic N) is 1. The number of hydrogen-bond acceptors (Lipinski definition) is 3. The first-order valence-electron chi connectivity index (χ1n) is 9.65. The highest BCUT2D eigenvalue weighted by Gasteiger charge is 2.31. The molecule has 0 saturated heterocycles. The molecule has 1 aliphatic carbocycles. The number of carboxylic acid groups (broad SMARTS) is 1. The Balaban J connectivity index is 2.15. The molecule has 1 atom stereocenters. The maximum Gasteiger partial charge on any atom is 0.405 e. The van der Waals surface area contributed by atoms with Crippen molar-refractivity contribution in [1.82, 2.24) is 10.2 Å². The standard InChI is InChI=1S/C20H31N3O3/c21-14-8-7-13-18(22-20(25)26)19(24)23(17-11-5-2-6-12-17)15-16-9-3-1-4-10-16/h1,3-4,9-10,17-18,22H,2,5-8,11-15,21H2,(H,25,26). The van der Waals surface area contributed by atoms with Crippen LogP contribution >= 0.6 is 0 Å². The Bertz CT molecular complexity index is 559. The minimum atomic E-state index is -1.15. The summed E-state index contributed by atoms with van der Waals surface area (Å²) in [6, 6.07) is 9.39. The zero-order chi connectivity index (χ0) is 18.8. The highest BCUT2D eigenvalue weighted by Crippen LogP contribution is 2.25. The second-order valence-corrected chi connectivity index (χ2v) is 7.03. The summed E-state index contributed by atoms with van der Waals surface area (Å²) in [7, 11) is 0. The van der Waals surface area contributed by atoms with Crippen molar-refractivity contribution in [2.24, 2.45) is 5.73 Å². The lowest BCUT2D eigenvalue weighted by Gasteiger charge is -2.36. The van der Waals surface area contributed by atoms with Crippen LogP contribution in [0.25, 0.3) is 0 Å². The van der Waals surface area contributed by atoms with E-state index in [1.165, 1.54) is 6.42 Å². The predicted octanol–water partition coefficient (Wildman–Crippen LogP) is 3.11. The predicted molar refractivity (Wildman–Crippen MR) is 102 cm³/mol. The Hall–Kier alpha value is -2.08. The number of nitrogens with one attached hydrogen (secondary N) is 1. The first kappa shape index (κ1) is 20.2. The molecule has 1 aromatic rings. The zero-order valence-corrected chi connectivity index (χ0v) is 15.4. The van der Waals surface area contributed by atoms with Gasteiger partial charge < -0.3 is 21.1 Å². The van der Waals surface area contributed by atoms with Gasteiger partial charge in [-0.15, -0.1) is 0 Å². The van der Waals surface area contributed by atoms with Gasteiger partial charge in [0.2, 0.25) is 5.91 Å². The number of nitrogens with two attached hydrogens (primary N) is 1. The van der Waals surface area contributed by atoms with E-state index in [0.717, 1.165) is 44.1 Å². The first-order chi connectivity index (χ1) is 12.6. The third-order valence-electron chi connectivity index (χ3n) is 5.04. The van der Waals surface area contributed by atoms with E-state index in [0.29, 0.717) is 19.5 Å². The number of carbonyl (C=O) groups is 2. The van der Waals surface area contributed by atoms with Crippen molar-refractivity contribution in [2.75, 3.05) is 6.54 Å². The molecule has 1 saturated carbocycles. The molecule has 144 valence electrons. The Morgan fingerprint density at radius 2 is 1.85 bits per heavy atom. The van der Waals surface area contributed by atoms with E-state index in [-0.39, 0.29) is 11.9 Å². The van der Waals surface area contributed by atoms with E-state index in [9.17, 15) is 9.59 Å². The topological polar surface area (TPSA) is 95.7 Å². The molecule has 0 radical (unpaired) electrons. The number of hydrogen-bond donors (Lipinski definition) is 3. The van der Waals surface area contributed by atoms with Crippen molar-refractivity contribution in [2.45, 2.75) is 70.0 Å². The zero-order valence-electron chi connectivity index (χ0n) is 15.4. The molecular formula is C20H31N3O3. The molecule has 1 fully saturated rings. The van der Waals surface area contributed by atoms with Crippen molar-refractivity contribution in [3.05, 3.63) is 35.9 Å². The molecule has 0 aliphatic heterocycles. The SMILES string of the molecule is NCCCCC(NC(=O)O)C(=O)N(Cc1ccccc1)C1CCCCC1. The van der Waals surface area contributed by atoms with Gasteiger partial charge in [0.05, 0.1) is 0 Å². The minimum Gasteiger partial charge on any atom is -0.465 e. The minimum absolute atomic E-state index is 0.111. The molecule has 0 aromatic heterocycles. The lowest BCUT2D eigenvalue weighted by Crippen LogP contribution is -2.51. The van der Waals surface area contributed by atoms with Crippen molar-refractivity contribution >= 4 is 12.0 Å². The van der Waals surface area contributed by atoms with Gasteiger partial charge in [0, 0.05) is 12.6 Å². The first-order valence-corrected chi connectivity index (χ1v) is 9.65. The van der Waals surface area contributed by atoms with Gasteiger partial charge in [0.25, 0.3) is 0 Å². The van der Waals surface area contributed by atoms with Crippen molar-refractivity contribution in [3.8, 4) is 0 Å². The Morgan fingerprint density at radius 1 is 1.15 bits per heavy atom. The van der Waals surface area contributed by atoms with E-state index in [2.05, 4.69) is 5.32 Å². The normalized spacial score (nSPS) is 16.0. The van der Waals surface area contributed by atoms with E-state index in [1.807, 2.05) is 35.2 Å². The second kappa shape index (κ2) is 10.8. The fourth-order valence-electron chi connectivity index (χ4n) is 3.66. The molecule has 1 aliphatic rings. The summed E-state index contributed by atoms with van der Waals surface area (Å²) in [6.45, 7) is 1.07. The third kappa shape index (κ3) is 6.33. The van der Waals surface area contributed by atoms with Gasteiger partial charge in [-0.05, 0) is 44.2 Å². The van der Waals surface area contributed by atoms with Crippen LogP contribution in [0, 0.1) is 0 Å². The Morgan fingerprint density at radius 3 is 2.46 bits per heavy atom. The smallest absolute Gasteiger partial charge is 0.405 e. The Labute approximate surface area is 155 Å². The van der Waals surface area contributed by atoms with Crippen LogP contribution in [0.3, 0.4) is 0 Å². The average molecular weight is 361 g/mol. The average Bonchev–Trinajstić information content (AvgIpc) is 2.66. The number of rotatable bonds is 9.